The molecule has 1 N–H and O–H groups in total. The normalized spacial score (nSPS) is 14.6. The predicted octanol–water partition coefficient (Wildman–Crippen LogP) is 3.92. The van der Waals surface area contributed by atoms with Gasteiger partial charge in [0.05, 0.1) is 16.2 Å². The number of allylic oxidation sites excluding steroid dienone is 2. The van der Waals surface area contributed by atoms with E-state index in [9.17, 15) is 24.5 Å². The molecule has 1 heterocycles. The van der Waals surface area contributed by atoms with E-state index < -0.39 is 23.4 Å². The molecular weight excluding hydrogens is 478 g/mol. The molecule has 0 bridgehead atoms. The number of thiocarbonyl (C=S) groups is 1. The van der Waals surface area contributed by atoms with Crippen molar-refractivity contribution in [2.75, 3.05) is 18.5 Å². The molecule has 0 saturated carbocycles. The summed E-state index contributed by atoms with van der Waals surface area (Å²) in [6, 6.07) is 15.0. The van der Waals surface area contributed by atoms with Crippen molar-refractivity contribution in [3.05, 3.63) is 87.3 Å². The van der Waals surface area contributed by atoms with Gasteiger partial charge in [-0.25, -0.2) is 0 Å². The van der Waals surface area contributed by atoms with Crippen molar-refractivity contribution in [1.29, 1.82) is 0 Å². The van der Waals surface area contributed by atoms with E-state index in [4.69, 9.17) is 17.0 Å². The van der Waals surface area contributed by atoms with Crippen LogP contribution in [0.25, 0.3) is 6.08 Å². The van der Waals surface area contributed by atoms with Crippen molar-refractivity contribution in [3.63, 3.8) is 0 Å². The maximum absolute atomic E-state index is 12.6. The van der Waals surface area contributed by atoms with E-state index in [1.165, 1.54) is 29.2 Å². The number of benzene rings is 2. The number of non-ortho nitro benzene ring substituents is 1. The largest absolute Gasteiger partial charge is 0.456 e. The zero-order valence-corrected chi connectivity index (χ0v) is 19.3. The van der Waals surface area contributed by atoms with E-state index in [2.05, 4.69) is 5.32 Å². The zero-order valence-electron chi connectivity index (χ0n) is 17.7. The quantitative estimate of drug-likeness (QED) is 0.182. The highest BCUT2D eigenvalue weighted by molar-refractivity contribution is 8.26. The number of nitro benzene ring substituents is 1. The Hall–Kier alpha value is -3.83. The molecule has 0 aromatic heterocycles. The molecule has 1 aliphatic rings. The van der Waals surface area contributed by atoms with Crippen molar-refractivity contribution >= 4 is 63.5 Å². The smallest absolute Gasteiger partial charge is 0.308 e. The first-order valence-electron chi connectivity index (χ1n) is 10.0. The molecule has 0 aliphatic carbocycles. The molecule has 9 nitrogen and oxygen atoms in total. The number of carbonyl (C=O) groups excluding carboxylic acids is 3. The Morgan fingerprint density at radius 1 is 1.18 bits per heavy atom. The summed E-state index contributed by atoms with van der Waals surface area (Å²) in [6.45, 7) is -0.542. The van der Waals surface area contributed by atoms with Gasteiger partial charge in [-0.3, -0.25) is 29.4 Å². The van der Waals surface area contributed by atoms with Crippen LogP contribution in [-0.2, 0) is 19.1 Å². The van der Waals surface area contributed by atoms with Gasteiger partial charge in [-0.05, 0) is 17.7 Å². The number of anilines is 1. The van der Waals surface area contributed by atoms with E-state index in [1.54, 1.807) is 12.2 Å². The fourth-order valence-corrected chi connectivity index (χ4v) is 4.09. The number of nitrogens with one attached hydrogen (secondary N) is 1. The van der Waals surface area contributed by atoms with Gasteiger partial charge in [0.2, 0.25) is 0 Å². The van der Waals surface area contributed by atoms with Crippen LogP contribution in [0.1, 0.15) is 12.0 Å². The summed E-state index contributed by atoms with van der Waals surface area (Å²) < 4.78 is 5.26. The molecule has 0 atom stereocenters. The van der Waals surface area contributed by atoms with Crippen molar-refractivity contribution in [2.24, 2.45) is 0 Å². The minimum absolute atomic E-state index is 0.0236. The number of thioether (sulfide) groups is 1. The van der Waals surface area contributed by atoms with E-state index >= 15 is 0 Å². The lowest BCUT2D eigenvalue weighted by Gasteiger charge is -2.13. The predicted molar refractivity (Wildman–Crippen MR) is 133 cm³/mol. The van der Waals surface area contributed by atoms with Crippen LogP contribution >= 0.6 is 24.0 Å². The third-order valence-electron chi connectivity index (χ3n) is 4.45. The van der Waals surface area contributed by atoms with Crippen LogP contribution in [-0.4, -0.2) is 45.1 Å². The number of nitrogens with zero attached hydrogens (tertiary/aromatic N) is 2. The standard InChI is InChI=1S/C23H19N3O6S2/c27-20(24-17-9-5-10-18(14-17)26(30)31)15-32-21(28)12-13-25-22(29)19(34-23(25)33)11-4-8-16-6-2-1-3-7-16/h1-11,14H,12-13,15H2,(H,24,27). The minimum Gasteiger partial charge on any atom is -0.456 e. The monoisotopic (exact) mass is 497 g/mol. The van der Waals surface area contributed by atoms with E-state index in [0.717, 1.165) is 17.3 Å². The first-order valence-corrected chi connectivity index (χ1v) is 11.2. The highest BCUT2D eigenvalue weighted by atomic mass is 32.2. The molecule has 2 amide bonds. The minimum atomic E-state index is -0.684. The van der Waals surface area contributed by atoms with Gasteiger partial charge in [-0.2, -0.15) is 0 Å². The van der Waals surface area contributed by atoms with Crippen LogP contribution in [0.4, 0.5) is 11.4 Å². The van der Waals surface area contributed by atoms with Gasteiger partial charge in [-0.1, -0.05) is 72.5 Å². The average Bonchev–Trinajstić information content (AvgIpc) is 3.09. The SMILES string of the molecule is O=C(COC(=O)CCN1C(=O)C(=CC=Cc2ccccc2)SC1=S)Nc1cccc([N+](=O)[O-])c1. The number of ether oxygens (including phenoxy) is 1. The maximum atomic E-state index is 12.6. The van der Waals surface area contributed by atoms with Crippen molar-refractivity contribution in [3.8, 4) is 0 Å². The second kappa shape index (κ2) is 11.9. The van der Waals surface area contributed by atoms with Crippen LogP contribution in [0, 0.1) is 10.1 Å². The Morgan fingerprint density at radius 2 is 1.94 bits per heavy atom. The average molecular weight is 498 g/mol. The number of nitro groups is 1. The number of hydrogen-bond donors (Lipinski definition) is 1. The topological polar surface area (TPSA) is 119 Å². The molecule has 34 heavy (non-hydrogen) atoms. The van der Waals surface area contributed by atoms with Gasteiger partial charge in [0, 0.05) is 24.4 Å². The molecule has 11 heteroatoms. The van der Waals surface area contributed by atoms with Crippen LogP contribution in [0.3, 0.4) is 0 Å². The number of esters is 1. The van der Waals surface area contributed by atoms with Gasteiger partial charge in [0.15, 0.2) is 6.61 Å². The number of amides is 2. The van der Waals surface area contributed by atoms with E-state index in [1.807, 2.05) is 36.4 Å². The lowest BCUT2D eigenvalue weighted by atomic mass is 10.2. The molecule has 0 unspecified atom stereocenters. The van der Waals surface area contributed by atoms with E-state index in [0.29, 0.717) is 9.23 Å². The van der Waals surface area contributed by atoms with Crippen LogP contribution in [0.2, 0.25) is 0 Å². The molecular formula is C23H19N3O6S2. The second-order valence-electron chi connectivity index (χ2n) is 6.89. The molecule has 1 aliphatic heterocycles. The summed E-state index contributed by atoms with van der Waals surface area (Å²) >= 11 is 6.38. The molecule has 1 saturated heterocycles. The Balaban J connectivity index is 1.44. The van der Waals surface area contributed by atoms with Gasteiger partial charge in [-0.15, -0.1) is 0 Å². The number of carbonyl (C=O) groups is 3. The van der Waals surface area contributed by atoms with Crippen LogP contribution in [0.15, 0.2) is 71.7 Å². The van der Waals surface area contributed by atoms with Gasteiger partial charge >= 0.3 is 5.97 Å². The number of hydrogen-bond acceptors (Lipinski definition) is 8. The highest BCUT2D eigenvalue weighted by Gasteiger charge is 2.31. The summed E-state index contributed by atoms with van der Waals surface area (Å²) in [5.41, 5.74) is 1.02. The fraction of sp³-hybridized carbons (Fsp3) is 0.130. The summed E-state index contributed by atoms with van der Waals surface area (Å²) in [6.07, 6.45) is 5.14. The van der Waals surface area contributed by atoms with E-state index in [-0.39, 0.29) is 30.2 Å². The van der Waals surface area contributed by atoms with Crippen molar-refractivity contribution < 1.29 is 24.0 Å². The highest BCUT2D eigenvalue weighted by Crippen LogP contribution is 2.31. The molecule has 0 radical (unpaired) electrons. The molecule has 2 aromatic carbocycles. The fourth-order valence-electron chi connectivity index (χ4n) is 2.83. The molecule has 3 rings (SSSR count). The molecule has 2 aromatic rings. The first kappa shape index (κ1) is 24.8. The molecule has 174 valence electrons. The van der Waals surface area contributed by atoms with Crippen molar-refractivity contribution in [1.82, 2.24) is 4.90 Å². The molecule has 1 fully saturated rings. The third kappa shape index (κ3) is 7.09. The van der Waals surface area contributed by atoms with Gasteiger partial charge in [0.1, 0.15) is 4.32 Å². The molecule has 0 spiro atoms. The zero-order chi connectivity index (χ0) is 24.5. The summed E-state index contributed by atoms with van der Waals surface area (Å²) in [7, 11) is 0. The van der Waals surface area contributed by atoms with Gasteiger partial charge < -0.3 is 10.1 Å². The Labute approximate surface area is 204 Å². The van der Waals surface area contributed by atoms with Gasteiger partial charge in [0.25, 0.3) is 17.5 Å². The Bertz CT molecular complexity index is 1180. The first-order chi connectivity index (χ1) is 16.3. The van der Waals surface area contributed by atoms with Crippen LogP contribution in [0.5, 0.6) is 0 Å². The summed E-state index contributed by atoms with van der Waals surface area (Å²) in [4.78, 5) is 48.5. The lowest BCUT2D eigenvalue weighted by Crippen LogP contribution is -2.31. The van der Waals surface area contributed by atoms with Crippen LogP contribution < -0.4 is 5.32 Å². The summed E-state index contributed by atoms with van der Waals surface area (Å²) in [5, 5.41) is 13.2. The second-order valence-corrected chi connectivity index (χ2v) is 8.57. The maximum Gasteiger partial charge on any atom is 0.308 e. The number of rotatable bonds is 9. The Morgan fingerprint density at radius 3 is 2.68 bits per heavy atom. The van der Waals surface area contributed by atoms with Crippen molar-refractivity contribution in [2.45, 2.75) is 6.42 Å². The lowest BCUT2D eigenvalue weighted by molar-refractivity contribution is -0.384. The Kier molecular flexibility index (Phi) is 8.66. The third-order valence-corrected chi connectivity index (χ3v) is 5.85. The summed E-state index contributed by atoms with van der Waals surface area (Å²) in [5.74, 6) is -1.63.